The summed E-state index contributed by atoms with van der Waals surface area (Å²) in [4.78, 5) is 11.2. The average Bonchev–Trinajstić information content (AvgIpc) is 2.09. The van der Waals surface area contributed by atoms with Crippen molar-refractivity contribution in [2.75, 3.05) is 11.5 Å². The van der Waals surface area contributed by atoms with Crippen LogP contribution in [0.15, 0.2) is 18.2 Å². The Kier molecular flexibility index (Phi) is 2.96. The first-order valence-corrected chi connectivity index (χ1v) is 4.37. The van der Waals surface area contributed by atoms with Crippen LogP contribution >= 0.6 is 0 Å². The molecule has 1 aromatic carbocycles. The third kappa shape index (κ3) is 2.39. The predicted molar refractivity (Wildman–Crippen MR) is 55.7 cm³/mol. The molecule has 0 amide bonds. The number of nitrogen functional groups attached to an aromatic ring is 2. The summed E-state index contributed by atoms with van der Waals surface area (Å²) in [6, 6.07) is 4.78. The van der Waals surface area contributed by atoms with Crippen LogP contribution in [0.25, 0.3) is 0 Å². The SMILES string of the molecule is CC(C)C(=O)Oc1ccc(N)cc1N. The second-order valence-corrected chi connectivity index (χ2v) is 3.37. The van der Waals surface area contributed by atoms with Crippen molar-refractivity contribution >= 4 is 17.3 Å². The quantitative estimate of drug-likeness (QED) is 0.424. The standard InChI is InChI=1S/C10H14N2O2/c1-6(2)10(13)14-9-4-3-7(11)5-8(9)12/h3-6H,11-12H2,1-2H3. The number of esters is 1. The highest BCUT2D eigenvalue weighted by Crippen LogP contribution is 2.24. The van der Waals surface area contributed by atoms with Crippen molar-refractivity contribution in [1.82, 2.24) is 0 Å². The lowest BCUT2D eigenvalue weighted by atomic mass is 10.2. The second kappa shape index (κ2) is 4.00. The number of carbonyl (C=O) groups is 1. The van der Waals surface area contributed by atoms with E-state index in [1.54, 1.807) is 32.0 Å². The van der Waals surface area contributed by atoms with Gasteiger partial charge in [0.25, 0.3) is 0 Å². The Bertz CT molecular complexity index is 348. The minimum Gasteiger partial charge on any atom is -0.424 e. The Morgan fingerprint density at radius 2 is 2.00 bits per heavy atom. The van der Waals surface area contributed by atoms with Gasteiger partial charge in [0.2, 0.25) is 0 Å². The van der Waals surface area contributed by atoms with Crippen LogP contribution in [-0.4, -0.2) is 5.97 Å². The number of anilines is 2. The lowest BCUT2D eigenvalue weighted by molar-refractivity contribution is -0.137. The fraction of sp³-hybridized carbons (Fsp3) is 0.300. The number of nitrogens with two attached hydrogens (primary N) is 2. The van der Waals surface area contributed by atoms with E-state index in [2.05, 4.69) is 0 Å². The van der Waals surface area contributed by atoms with Gasteiger partial charge < -0.3 is 16.2 Å². The van der Waals surface area contributed by atoms with Crippen molar-refractivity contribution in [3.05, 3.63) is 18.2 Å². The van der Waals surface area contributed by atoms with Crippen molar-refractivity contribution in [2.24, 2.45) is 5.92 Å². The number of hydrogen-bond donors (Lipinski definition) is 2. The van der Waals surface area contributed by atoms with E-state index in [1.807, 2.05) is 0 Å². The molecule has 76 valence electrons. The molecule has 0 atom stereocenters. The minimum absolute atomic E-state index is 0.174. The van der Waals surface area contributed by atoms with Crippen molar-refractivity contribution in [1.29, 1.82) is 0 Å². The highest BCUT2D eigenvalue weighted by atomic mass is 16.5. The van der Waals surface area contributed by atoms with Crippen LogP contribution in [0.3, 0.4) is 0 Å². The molecular formula is C10H14N2O2. The molecule has 0 spiro atoms. The third-order valence-electron chi connectivity index (χ3n) is 1.72. The Hall–Kier alpha value is -1.71. The fourth-order valence-corrected chi connectivity index (χ4v) is 0.886. The van der Waals surface area contributed by atoms with Crippen molar-refractivity contribution in [3.8, 4) is 5.75 Å². The molecule has 0 saturated heterocycles. The maximum Gasteiger partial charge on any atom is 0.313 e. The van der Waals surface area contributed by atoms with E-state index >= 15 is 0 Å². The van der Waals surface area contributed by atoms with Crippen molar-refractivity contribution < 1.29 is 9.53 Å². The smallest absolute Gasteiger partial charge is 0.313 e. The number of ether oxygens (including phenoxy) is 1. The van der Waals surface area contributed by atoms with E-state index in [0.29, 0.717) is 17.1 Å². The Morgan fingerprint density at radius 1 is 1.36 bits per heavy atom. The number of hydrogen-bond acceptors (Lipinski definition) is 4. The Morgan fingerprint density at radius 3 is 2.50 bits per heavy atom. The van der Waals surface area contributed by atoms with E-state index < -0.39 is 0 Å². The summed E-state index contributed by atoms with van der Waals surface area (Å²) in [7, 11) is 0. The van der Waals surface area contributed by atoms with E-state index in [4.69, 9.17) is 16.2 Å². The first-order chi connectivity index (χ1) is 6.50. The highest BCUT2D eigenvalue weighted by Gasteiger charge is 2.11. The summed E-state index contributed by atoms with van der Waals surface area (Å²) < 4.78 is 5.04. The number of carbonyl (C=O) groups excluding carboxylic acids is 1. The summed E-state index contributed by atoms with van der Waals surface area (Å²) in [6.45, 7) is 3.52. The van der Waals surface area contributed by atoms with Gasteiger partial charge in [-0.25, -0.2) is 0 Å². The van der Waals surface area contributed by atoms with E-state index in [9.17, 15) is 4.79 Å². The molecule has 0 heterocycles. The molecule has 4 heteroatoms. The zero-order valence-corrected chi connectivity index (χ0v) is 8.28. The molecule has 0 aromatic heterocycles. The Labute approximate surface area is 82.8 Å². The van der Waals surface area contributed by atoms with E-state index in [-0.39, 0.29) is 11.9 Å². The molecule has 0 radical (unpaired) electrons. The van der Waals surface area contributed by atoms with E-state index in [0.717, 1.165) is 0 Å². The van der Waals surface area contributed by atoms with Crippen LogP contribution in [0.2, 0.25) is 0 Å². The van der Waals surface area contributed by atoms with Crippen LogP contribution < -0.4 is 16.2 Å². The van der Waals surface area contributed by atoms with Crippen LogP contribution in [0, 0.1) is 5.92 Å². The zero-order chi connectivity index (χ0) is 10.7. The summed E-state index contributed by atoms with van der Waals surface area (Å²) in [5.74, 6) is -0.119. The first kappa shape index (κ1) is 10.4. The van der Waals surface area contributed by atoms with E-state index in [1.165, 1.54) is 0 Å². The molecule has 4 nitrogen and oxygen atoms in total. The summed E-state index contributed by atoms with van der Waals surface area (Å²) in [5.41, 5.74) is 12.0. The minimum atomic E-state index is -0.304. The molecule has 0 aliphatic rings. The van der Waals surface area contributed by atoms with Gasteiger partial charge in [-0.15, -0.1) is 0 Å². The predicted octanol–water partition coefficient (Wildman–Crippen LogP) is 1.41. The van der Waals surface area contributed by atoms with Crippen molar-refractivity contribution in [3.63, 3.8) is 0 Å². The molecular weight excluding hydrogens is 180 g/mol. The summed E-state index contributed by atoms with van der Waals surface area (Å²) >= 11 is 0. The Balaban J connectivity index is 2.82. The van der Waals surface area contributed by atoms with Gasteiger partial charge >= 0.3 is 5.97 Å². The van der Waals surface area contributed by atoms with Gasteiger partial charge in [-0.2, -0.15) is 0 Å². The van der Waals surface area contributed by atoms with Gasteiger partial charge in [0.05, 0.1) is 11.6 Å². The van der Waals surface area contributed by atoms with Crippen LogP contribution in [0.5, 0.6) is 5.75 Å². The molecule has 1 aromatic rings. The van der Waals surface area contributed by atoms with Gasteiger partial charge in [-0.05, 0) is 18.2 Å². The fourth-order valence-electron chi connectivity index (χ4n) is 0.886. The van der Waals surface area contributed by atoms with Crippen molar-refractivity contribution in [2.45, 2.75) is 13.8 Å². The topological polar surface area (TPSA) is 78.3 Å². The van der Waals surface area contributed by atoms with Crippen LogP contribution in [-0.2, 0) is 4.79 Å². The molecule has 1 rings (SSSR count). The maximum absolute atomic E-state index is 11.2. The average molecular weight is 194 g/mol. The second-order valence-electron chi connectivity index (χ2n) is 3.37. The highest BCUT2D eigenvalue weighted by molar-refractivity contribution is 5.76. The molecule has 0 aliphatic heterocycles. The number of rotatable bonds is 2. The monoisotopic (exact) mass is 194 g/mol. The van der Waals surface area contributed by atoms with Gasteiger partial charge in [0, 0.05) is 5.69 Å². The molecule has 0 fully saturated rings. The molecule has 0 unspecified atom stereocenters. The molecule has 14 heavy (non-hydrogen) atoms. The molecule has 0 bridgehead atoms. The van der Waals surface area contributed by atoms with Gasteiger partial charge in [0.1, 0.15) is 0 Å². The maximum atomic E-state index is 11.2. The molecule has 0 saturated carbocycles. The lowest BCUT2D eigenvalue weighted by Gasteiger charge is -2.09. The third-order valence-corrected chi connectivity index (χ3v) is 1.72. The summed E-state index contributed by atoms with van der Waals surface area (Å²) in [6.07, 6.45) is 0. The molecule has 4 N–H and O–H groups in total. The largest absolute Gasteiger partial charge is 0.424 e. The summed E-state index contributed by atoms with van der Waals surface area (Å²) in [5, 5.41) is 0. The normalized spacial score (nSPS) is 10.2. The van der Waals surface area contributed by atoms with Crippen LogP contribution in [0.1, 0.15) is 13.8 Å². The van der Waals surface area contributed by atoms with Gasteiger partial charge in [-0.1, -0.05) is 13.8 Å². The van der Waals surface area contributed by atoms with Crippen LogP contribution in [0.4, 0.5) is 11.4 Å². The first-order valence-electron chi connectivity index (χ1n) is 4.37. The zero-order valence-electron chi connectivity index (χ0n) is 8.28. The van der Waals surface area contributed by atoms with Gasteiger partial charge in [-0.3, -0.25) is 4.79 Å². The van der Waals surface area contributed by atoms with Gasteiger partial charge in [0.15, 0.2) is 5.75 Å². The lowest BCUT2D eigenvalue weighted by Crippen LogP contribution is -2.15. The molecule has 0 aliphatic carbocycles. The number of benzene rings is 1.